The molecule has 0 atom stereocenters. The van der Waals surface area contributed by atoms with E-state index in [0.717, 1.165) is 27.8 Å². The van der Waals surface area contributed by atoms with Crippen LogP contribution in [0.25, 0.3) is 10.9 Å². The van der Waals surface area contributed by atoms with Gasteiger partial charge in [-0.1, -0.05) is 48.5 Å². The van der Waals surface area contributed by atoms with Crippen molar-refractivity contribution in [1.82, 2.24) is 9.71 Å². The van der Waals surface area contributed by atoms with Gasteiger partial charge in [0.25, 0.3) is 0 Å². The van der Waals surface area contributed by atoms with Gasteiger partial charge in [0.15, 0.2) is 0 Å². The molecule has 3 aromatic carbocycles. The van der Waals surface area contributed by atoms with Crippen LogP contribution in [0.1, 0.15) is 11.1 Å². The van der Waals surface area contributed by atoms with E-state index in [-0.39, 0.29) is 4.90 Å². The van der Waals surface area contributed by atoms with E-state index in [1.807, 2.05) is 54.7 Å². The minimum Gasteiger partial charge on any atom is -0.489 e. The largest absolute Gasteiger partial charge is 0.489 e. The molecule has 5 nitrogen and oxygen atoms in total. The zero-order chi connectivity index (χ0) is 20.1. The first-order valence-electron chi connectivity index (χ1n) is 9.43. The van der Waals surface area contributed by atoms with Crippen LogP contribution in [0.5, 0.6) is 5.75 Å². The van der Waals surface area contributed by atoms with E-state index in [4.69, 9.17) is 4.74 Å². The Labute approximate surface area is 170 Å². The fourth-order valence-electron chi connectivity index (χ4n) is 3.21. The average Bonchev–Trinajstić information content (AvgIpc) is 3.16. The molecule has 0 radical (unpaired) electrons. The summed E-state index contributed by atoms with van der Waals surface area (Å²) in [5.74, 6) is 0.791. The summed E-state index contributed by atoms with van der Waals surface area (Å²) in [7, 11) is -3.49. The van der Waals surface area contributed by atoms with Gasteiger partial charge in [-0.3, -0.25) is 0 Å². The minimum atomic E-state index is -3.49. The number of rotatable bonds is 8. The van der Waals surface area contributed by atoms with Gasteiger partial charge >= 0.3 is 0 Å². The van der Waals surface area contributed by atoms with Crippen LogP contribution in [0.15, 0.2) is 90.0 Å². The summed E-state index contributed by atoms with van der Waals surface area (Å²) in [6.07, 6.45) is 2.51. The molecule has 29 heavy (non-hydrogen) atoms. The van der Waals surface area contributed by atoms with Crippen LogP contribution in [0.2, 0.25) is 0 Å². The van der Waals surface area contributed by atoms with E-state index in [1.54, 1.807) is 30.3 Å². The molecule has 0 aliphatic heterocycles. The lowest BCUT2D eigenvalue weighted by atomic mass is 10.1. The first-order chi connectivity index (χ1) is 14.1. The number of nitrogens with one attached hydrogen (secondary N) is 2. The Morgan fingerprint density at radius 3 is 2.38 bits per heavy atom. The van der Waals surface area contributed by atoms with Crippen LogP contribution in [-0.4, -0.2) is 19.9 Å². The van der Waals surface area contributed by atoms with Crippen molar-refractivity contribution in [3.05, 3.63) is 96.2 Å². The first-order valence-corrected chi connectivity index (χ1v) is 10.9. The van der Waals surface area contributed by atoms with Crippen LogP contribution in [0, 0.1) is 0 Å². The molecule has 2 N–H and O–H groups in total. The summed E-state index contributed by atoms with van der Waals surface area (Å²) in [4.78, 5) is 3.53. The molecule has 0 amide bonds. The van der Waals surface area contributed by atoms with Crippen molar-refractivity contribution in [3.63, 3.8) is 0 Å². The van der Waals surface area contributed by atoms with Gasteiger partial charge in [0.05, 0.1) is 4.90 Å². The first kappa shape index (κ1) is 19.2. The third kappa shape index (κ3) is 4.67. The van der Waals surface area contributed by atoms with Crippen molar-refractivity contribution in [1.29, 1.82) is 0 Å². The van der Waals surface area contributed by atoms with Gasteiger partial charge in [0.2, 0.25) is 10.0 Å². The van der Waals surface area contributed by atoms with Crippen LogP contribution < -0.4 is 9.46 Å². The molecule has 0 fully saturated rings. The monoisotopic (exact) mass is 406 g/mol. The van der Waals surface area contributed by atoms with E-state index in [2.05, 4.69) is 9.71 Å². The lowest BCUT2D eigenvalue weighted by molar-refractivity contribution is 0.306. The fraction of sp³-hybridized carbons (Fsp3) is 0.130. The highest BCUT2D eigenvalue weighted by Gasteiger charge is 2.13. The Kier molecular flexibility index (Phi) is 5.64. The number of H-pyrrole nitrogens is 1. The standard InChI is InChI=1S/C23H22N2O3S/c26-29(27,21-9-5-2-6-10-21)25-14-13-19-16-24-23-15-20(11-12-22(19)23)28-17-18-7-3-1-4-8-18/h1-12,15-16,24-25H,13-14,17H2. The van der Waals surface area contributed by atoms with E-state index in [1.165, 1.54) is 0 Å². The predicted molar refractivity (Wildman–Crippen MR) is 114 cm³/mol. The molecular weight excluding hydrogens is 384 g/mol. The summed E-state index contributed by atoms with van der Waals surface area (Å²) >= 11 is 0. The Bertz CT molecular complexity index is 1190. The third-order valence-corrected chi connectivity index (χ3v) is 6.20. The molecule has 0 aliphatic rings. The summed E-state index contributed by atoms with van der Waals surface area (Å²) < 4.78 is 33.2. The van der Waals surface area contributed by atoms with E-state index in [9.17, 15) is 8.42 Å². The second-order valence-electron chi connectivity index (χ2n) is 6.76. The quantitative estimate of drug-likeness (QED) is 0.459. The normalized spacial score (nSPS) is 11.6. The van der Waals surface area contributed by atoms with Crippen molar-refractivity contribution >= 4 is 20.9 Å². The Morgan fingerprint density at radius 1 is 0.897 bits per heavy atom. The highest BCUT2D eigenvalue weighted by atomic mass is 32.2. The maximum absolute atomic E-state index is 12.3. The summed E-state index contributed by atoms with van der Waals surface area (Å²) in [5, 5.41) is 1.07. The molecule has 0 aliphatic carbocycles. The molecule has 0 unspecified atom stereocenters. The fourth-order valence-corrected chi connectivity index (χ4v) is 4.26. The molecule has 1 heterocycles. The zero-order valence-electron chi connectivity index (χ0n) is 15.8. The molecule has 6 heteroatoms. The number of sulfonamides is 1. The third-order valence-electron chi connectivity index (χ3n) is 4.73. The SMILES string of the molecule is O=S(=O)(NCCc1c[nH]c2cc(OCc3ccccc3)ccc12)c1ccccc1. The number of ether oxygens (including phenoxy) is 1. The lowest BCUT2D eigenvalue weighted by Gasteiger charge is -2.07. The molecule has 4 rings (SSSR count). The van der Waals surface area contributed by atoms with E-state index in [0.29, 0.717) is 19.6 Å². The van der Waals surface area contributed by atoms with Crippen LogP contribution in [-0.2, 0) is 23.1 Å². The van der Waals surface area contributed by atoms with Crippen LogP contribution >= 0.6 is 0 Å². The molecule has 0 spiro atoms. The van der Waals surface area contributed by atoms with Crippen LogP contribution in [0.3, 0.4) is 0 Å². The highest BCUT2D eigenvalue weighted by Crippen LogP contribution is 2.24. The lowest BCUT2D eigenvalue weighted by Crippen LogP contribution is -2.25. The van der Waals surface area contributed by atoms with Crippen molar-refractivity contribution in [2.24, 2.45) is 0 Å². The van der Waals surface area contributed by atoms with Crippen molar-refractivity contribution < 1.29 is 13.2 Å². The molecule has 4 aromatic rings. The summed E-state index contributed by atoms with van der Waals surface area (Å²) in [5.41, 5.74) is 3.15. The summed E-state index contributed by atoms with van der Waals surface area (Å²) in [6.45, 7) is 0.845. The van der Waals surface area contributed by atoms with E-state index >= 15 is 0 Å². The topological polar surface area (TPSA) is 71.2 Å². The van der Waals surface area contributed by atoms with Gasteiger partial charge in [-0.2, -0.15) is 0 Å². The molecule has 0 saturated carbocycles. The van der Waals surface area contributed by atoms with Gasteiger partial charge in [-0.05, 0) is 41.8 Å². The second-order valence-corrected chi connectivity index (χ2v) is 8.52. The number of aromatic nitrogens is 1. The van der Waals surface area contributed by atoms with Gasteiger partial charge in [-0.15, -0.1) is 0 Å². The molecule has 0 saturated heterocycles. The number of hydrogen-bond acceptors (Lipinski definition) is 3. The Balaban J connectivity index is 1.39. The Morgan fingerprint density at radius 2 is 1.62 bits per heavy atom. The smallest absolute Gasteiger partial charge is 0.240 e. The highest BCUT2D eigenvalue weighted by molar-refractivity contribution is 7.89. The second kappa shape index (κ2) is 8.51. The number of fused-ring (bicyclic) bond motifs is 1. The number of hydrogen-bond donors (Lipinski definition) is 2. The van der Waals surface area contributed by atoms with Gasteiger partial charge in [0, 0.05) is 29.7 Å². The van der Waals surface area contributed by atoms with Crippen molar-refractivity contribution in [2.75, 3.05) is 6.54 Å². The molecule has 148 valence electrons. The predicted octanol–water partition coefficient (Wildman–Crippen LogP) is 4.27. The maximum atomic E-state index is 12.3. The maximum Gasteiger partial charge on any atom is 0.240 e. The van der Waals surface area contributed by atoms with Gasteiger partial charge in [0.1, 0.15) is 12.4 Å². The molecule has 0 bridgehead atoms. The zero-order valence-corrected chi connectivity index (χ0v) is 16.7. The van der Waals surface area contributed by atoms with Crippen LogP contribution in [0.4, 0.5) is 0 Å². The number of benzene rings is 3. The van der Waals surface area contributed by atoms with Crippen molar-refractivity contribution in [2.45, 2.75) is 17.9 Å². The average molecular weight is 407 g/mol. The van der Waals surface area contributed by atoms with Gasteiger partial charge in [-0.25, -0.2) is 13.1 Å². The van der Waals surface area contributed by atoms with Crippen molar-refractivity contribution in [3.8, 4) is 5.75 Å². The Hall–Kier alpha value is -3.09. The van der Waals surface area contributed by atoms with E-state index < -0.39 is 10.0 Å². The minimum absolute atomic E-state index is 0.277. The summed E-state index contributed by atoms with van der Waals surface area (Å²) in [6, 6.07) is 24.3. The molecule has 1 aromatic heterocycles. The molecular formula is C23H22N2O3S. The number of aromatic amines is 1. The van der Waals surface area contributed by atoms with Gasteiger partial charge < -0.3 is 9.72 Å².